The molecule has 0 unspecified atom stereocenters. The zero-order valence-electron chi connectivity index (χ0n) is 21.4. The Morgan fingerprint density at radius 1 is 1.03 bits per heavy atom. The molecule has 0 bridgehead atoms. The average Bonchev–Trinajstić information content (AvgIpc) is 3.23. The highest BCUT2D eigenvalue weighted by Crippen LogP contribution is 2.30. The lowest BCUT2D eigenvalue weighted by molar-refractivity contribution is 0.0444. The van der Waals surface area contributed by atoms with E-state index in [1.165, 1.54) is 0 Å². The standard InChI is InChI=1S/C27H39N5O2/c1-26(2,3)10-11-27(4,5)20-34-25(33)31-14-12-30(13-15-31)19-24-17-29-21-32(24)18-23-8-6-22(16-28)7-9-23/h6-9,17,21H,10-15,18-20H2,1-5H3. The molecule has 0 aliphatic carbocycles. The number of carbonyl (C=O) groups is 1. The molecule has 2 aromatic rings. The number of piperazine rings is 1. The van der Waals surface area contributed by atoms with Crippen LogP contribution in [0.25, 0.3) is 0 Å². The molecule has 0 saturated carbocycles. The highest BCUT2D eigenvalue weighted by Gasteiger charge is 2.27. The summed E-state index contributed by atoms with van der Waals surface area (Å²) in [6.07, 6.45) is 5.70. The summed E-state index contributed by atoms with van der Waals surface area (Å²) in [5.41, 5.74) is 3.21. The van der Waals surface area contributed by atoms with E-state index in [0.29, 0.717) is 25.3 Å². The zero-order chi connectivity index (χ0) is 24.8. The van der Waals surface area contributed by atoms with Crippen molar-refractivity contribution in [3.63, 3.8) is 0 Å². The fourth-order valence-electron chi connectivity index (χ4n) is 3.96. The predicted molar refractivity (Wildman–Crippen MR) is 133 cm³/mol. The van der Waals surface area contributed by atoms with E-state index in [4.69, 9.17) is 10.00 Å². The second-order valence-electron chi connectivity index (χ2n) is 11.4. The van der Waals surface area contributed by atoms with Crippen molar-refractivity contribution in [2.45, 2.75) is 60.5 Å². The van der Waals surface area contributed by atoms with Crippen LogP contribution >= 0.6 is 0 Å². The Balaban J connectivity index is 1.44. The fourth-order valence-corrected chi connectivity index (χ4v) is 3.96. The van der Waals surface area contributed by atoms with Gasteiger partial charge in [0.2, 0.25) is 0 Å². The second-order valence-corrected chi connectivity index (χ2v) is 11.4. The van der Waals surface area contributed by atoms with Crippen LogP contribution < -0.4 is 0 Å². The van der Waals surface area contributed by atoms with Crippen molar-refractivity contribution in [3.8, 4) is 6.07 Å². The number of rotatable bonds is 8. The van der Waals surface area contributed by atoms with Gasteiger partial charge in [-0.05, 0) is 41.4 Å². The third kappa shape index (κ3) is 7.88. The molecule has 1 aromatic heterocycles. The van der Waals surface area contributed by atoms with Crippen LogP contribution in [0.4, 0.5) is 4.79 Å². The summed E-state index contributed by atoms with van der Waals surface area (Å²) in [4.78, 5) is 21.1. The van der Waals surface area contributed by atoms with Gasteiger partial charge in [-0.1, -0.05) is 46.8 Å². The number of imidazole rings is 1. The Labute approximate surface area is 204 Å². The maximum atomic E-state index is 12.6. The van der Waals surface area contributed by atoms with Crippen LogP contribution in [0, 0.1) is 22.2 Å². The fraction of sp³-hybridized carbons (Fsp3) is 0.593. The molecule has 3 rings (SSSR count). The Kier molecular flexibility index (Phi) is 8.37. The Hall–Kier alpha value is -2.85. The minimum atomic E-state index is -0.200. The van der Waals surface area contributed by atoms with Crippen molar-refractivity contribution in [2.75, 3.05) is 32.8 Å². The van der Waals surface area contributed by atoms with E-state index >= 15 is 0 Å². The van der Waals surface area contributed by atoms with Crippen molar-refractivity contribution in [1.29, 1.82) is 5.26 Å². The maximum absolute atomic E-state index is 12.6. The third-order valence-corrected chi connectivity index (χ3v) is 6.39. The number of ether oxygens (including phenoxy) is 1. The largest absolute Gasteiger partial charge is 0.449 e. The molecule has 0 spiro atoms. The number of carbonyl (C=O) groups excluding carboxylic acids is 1. The van der Waals surface area contributed by atoms with Crippen molar-refractivity contribution in [3.05, 3.63) is 53.6 Å². The monoisotopic (exact) mass is 465 g/mol. The topological polar surface area (TPSA) is 74.4 Å². The summed E-state index contributed by atoms with van der Waals surface area (Å²) in [5, 5.41) is 8.98. The molecule has 34 heavy (non-hydrogen) atoms. The number of hydrogen-bond donors (Lipinski definition) is 0. The molecular formula is C27H39N5O2. The van der Waals surface area contributed by atoms with Crippen LogP contribution in [0.15, 0.2) is 36.8 Å². The molecule has 1 saturated heterocycles. The molecule has 1 aliphatic heterocycles. The molecule has 0 radical (unpaired) electrons. The predicted octanol–water partition coefficient (Wildman–Crippen LogP) is 4.91. The molecule has 0 N–H and O–H groups in total. The lowest BCUT2D eigenvalue weighted by atomic mass is 9.80. The van der Waals surface area contributed by atoms with Gasteiger partial charge in [-0.15, -0.1) is 0 Å². The Morgan fingerprint density at radius 2 is 1.71 bits per heavy atom. The number of hydrogen-bond acceptors (Lipinski definition) is 5. The summed E-state index contributed by atoms with van der Waals surface area (Å²) in [7, 11) is 0. The molecule has 7 nitrogen and oxygen atoms in total. The molecule has 2 heterocycles. The van der Waals surface area contributed by atoms with Crippen LogP contribution in [-0.4, -0.2) is 58.2 Å². The van der Waals surface area contributed by atoms with Gasteiger partial charge in [-0.2, -0.15) is 5.26 Å². The van der Waals surface area contributed by atoms with Gasteiger partial charge >= 0.3 is 6.09 Å². The summed E-state index contributed by atoms with van der Waals surface area (Å²) in [6, 6.07) is 9.81. The lowest BCUT2D eigenvalue weighted by Crippen LogP contribution is -2.49. The van der Waals surface area contributed by atoms with Crippen LogP contribution in [-0.2, 0) is 17.8 Å². The van der Waals surface area contributed by atoms with Gasteiger partial charge in [-0.25, -0.2) is 9.78 Å². The highest BCUT2D eigenvalue weighted by molar-refractivity contribution is 5.67. The smallest absolute Gasteiger partial charge is 0.409 e. The van der Waals surface area contributed by atoms with Crippen molar-refractivity contribution >= 4 is 6.09 Å². The SMILES string of the molecule is CC(C)(C)CCC(C)(C)COC(=O)N1CCN(Cc2cncn2Cc2ccc(C#N)cc2)CC1. The van der Waals surface area contributed by atoms with E-state index in [2.05, 4.69) is 55.1 Å². The van der Waals surface area contributed by atoms with Gasteiger partial charge in [0.1, 0.15) is 0 Å². The lowest BCUT2D eigenvalue weighted by Gasteiger charge is -2.35. The van der Waals surface area contributed by atoms with E-state index in [0.717, 1.165) is 50.3 Å². The molecule has 184 valence electrons. The summed E-state index contributed by atoms with van der Waals surface area (Å²) < 4.78 is 7.83. The molecule has 1 aromatic carbocycles. The van der Waals surface area contributed by atoms with Crippen LogP contribution in [0.5, 0.6) is 0 Å². The highest BCUT2D eigenvalue weighted by atomic mass is 16.6. The van der Waals surface area contributed by atoms with Gasteiger partial charge in [0.15, 0.2) is 0 Å². The van der Waals surface area contributed by atoms with Gasteiger partial charge < -0.3 is 14.2 Å². The molecule has 1 amide bonds. The first-order valence-electron chi connectivity index (χ1n) is 12.2. The minimum absolute atomic E-state index is 0.0158. The first kappa shape index (κ1) is 25.8. The maximum Gasteiger partial charge on any atom is 0.409 e. The molecule has 7 heteroatoms. The number of amides is 1. The quantitative estimate of drug-likeness (QED) is 0.554. The van der Waals surface area contributed by atoms with Gasteiger partial charge in [0.05, 0.1) is 30.3 Å². The molecule has 0 atom stereocenters. The summed E-state index contributed by atoms with van der Waals surface area (Å²) in [6.45, 7) is 16.0. The van der Waals surface area contributed by atoms with Crippen LogP contribution in [0.3, 0.4) is 0 Å². The van der Waals surface area contributed by atoms with E-state index in [9.17, 15) is 4.79 Å². The van der Waals surface area contributed by atoms with Gasteiger partial charge in [0.25, 0.3) is 0 Å². The zero-order valence-corrected chi connectivity index (χ0v) is 21.4. The third-order valence-electron chi connectivity index (χ3n) is 6.39. The second kappa shape index (κ2) is 11.1. The minimum Gasteiger partial charge on any atom is -0.449 e. The average molecular weight is 466 g/mol. The van der Waals surface area contributed by atoms with E-state index in [1.807, 2.05) is 41.7 Å². The first-order chi connectivity index (χ1) is 16.0. The Bertz CT molecular complexity index is 974. The van der Waals surface area contributed by atoms with E-state index in [-0.39, 0.29) is 16.9 Å². The van der Waals surface area contributed by atoms with Crippen molar-refractivity contribution < 1.29 is 9.53 Å². The van der Waals surface area contributed by atoms with Crippen LogP contribution in [0.1, 0.15) is 64.3 Å². The Morgan fingerprint density at radius 3 is 2.32 bits per heavy atom. The molecular weight excluding hydrogens is 426 g/mol. The van der Waals surface area contributed by atoms with Crippen molar-refractivity contribution in [1.82, 2.24) is 19.4 Å². The first-order valence-corrected chi connectivity index (χ1v) is 12.2. The number of benzene rings is 1. The number of nitrogens with zero attached hydrogens (tertiary/aromatic N) is 5. The summed E-state index contributed by atoms with van der Waals surface area (Å²) in [5.74, 6) is 0. The van der Waals surface area contributed by atoms with Crippen molar-refractivity contribution in [2.24, 2.45) is 10.8 Å². The van der Waals surface area contributed by atoms with E-state index in [1.54, 1.807) is 0 Å². The van der Waals surface area contributed by atoms with Crippen LogP contribution in [0.2, 0.25) is 0 Å². The molecule has 1 fully saturated rings. The molecule has 1 aliphatic rings. The summed E-state index contributed by atoms with van der Waals surface area (Å²) >= 11 is 0. The normalized spacial score (nSPS) is 15.2. The number of aromatic nitrogens is 2. The van der Waals surface area contributed by atoms with E-state index < -0.39 is 0 Å². The number of nitriles is 1. The van der Waals surface area contributed by atoms with Gasteiger partial charge in [-0.3, -0.25) is 4.90 Å². The van der Waals surface area contributed by atoms with Gasteiger partial charge in [0, 0.05) is 45.5 Å².